The molecule has 0 bridgehead atoms. The van der Waals surface area contributed by atoms with Crippen molar-refractivity contribution in [1.82, 2.24) is 21.5 Å². The summed E-state index contributed by atoms with van der Waals surface area (Å²) in [7, 11) is 0. The molecule has 9 heteroatoms. The highest BCUT2D eigenvalue weighted by Gasteiger charge is 2.29. The van der Waals surface area contributed by atoms with Gasteiger partial charge < -0.3 is 15.4 Å². The molecule has 158 valence electrons. The molecule has 1 aromatic rings. The van der Waals surface area contributed by atoms with Crippen molar-refractivity contribution in [2.24, 2.45) is 16.1 Å². The van der Waals surface area contributed by atoms with E-state index in [1.54, 1.807) is 0 Å². The third-order valence-corrected chi connectivity index (χ3v) is 4.85. The molecule has 0 unspecified atom stereocenters. The van der Waals surface area contributed by atoms with Crippen molar-refractivity contribution in [1.29, 1.82) is 0 Å². The molecule has 2 rings (SSSR count). The number of hydrogen-bond acceptors (Lipinski definition) is 5. The summed E-state index contributed by atoms with van der Waals surface area (Å²) in [5.41, 5.74) is 8.79. The summed E-state index contributed by atoms with van der Waals surface area (Å²) in [6, 6.07) is 10.2. The Balaban J connectivity index is 1.95. The van der Waals surface area contributed by atoms with Gasteiger partial charge in [0, 0.05) is 25.6 Å². The van der Waals surface area contributed by atoms with Gasteiger partial charge in [-0.3, -0.25) is 10.9 Å². The zero-order chi connectivity index (χ0) is 20.9. The normalized spacial score (nSPS) is 18.6. The molecule has 4 N–H and O–H groups in total. The standard InChI is InChI=1S/C20H30N6OS2/c1-3-21-19(28)25-23-17-11-10-16(18(17)24-26-20(29)22-4-2)12-13-27-14-15-8-6-5-7-9-15/h5-9,16H,3-4,10-14H2,1-2H3,(H2,21,25,28)(H2,22,26,29)/b23-17+,24-18?/t16-/m1/s1. The van der Waals surface area contributed by atoms with Crippen LogP contribution >= 0.6 is 24.4 Å². The minimum atomic E-state index is 0.260. The van der Waals surface area contributed by atoms with E-state index in [0.29, 0.717) is 23.4 Å². The first kappa shape index (κ1) is 23.2. The monoisotopic (exact) mass is 434 g/mol. The molecule has 0 saturated heterocycles. The molecule has 0 aliphatic heterocycles. The predicted octanol–water partition coefficient (Wildman–Crippen LogP) is 2.68. The van der Waals surface area contributed by atoms with Gasteiger partial charge in [0.15, 0.2) is 10.2 Å². The van der Waals surface area contributed by atoms with Crippen LogP contribution in [0.5, 0.6) is 0 Å². The molecule has 1 fully saturated rings. The van der Waals surface area contributed by atoms with Crippen LogP contribution < -0.4 is 21.5 Å². The van der Waals surface area contributed by atoms with Gasteiger partial charge in [-0.1, -0.05) is 30.3 Å². The highest BCUT2D eigenvalue weighted by Crippen LogP contribution is 2.24. The second-order valence-corrected chi connectivity index (χ2v) is 7.38. The maximum Gasteiger partial charge on any atom is 0.186 e. The lowest BCUT2D eigenvalue weighted by atomic mass is 10.0. The summed E-state index contributed by atoms with van der Waals surface area (Å²) in [6.45, 7) is 6.74. The fourth-order valence-electron chi connectivity index (χ4n) is 2.98. The van der Waals surface area contributed by atoms with Gasteiger partial charge in [-0.25, -0.2) is 0 Å². The number of thiocarbonyl (C=S) groups is 2. The summed E-state index contributed by atoms with van der Waals surface area (Å²) >= 11 is 10.4. The number of nitrogens with zero attached hydrogens (tertiary/aromatic N) is 2. The summed E-state index contributed by atoms with van der Waals surface area (Å²) in [6.07, 6.45) is 2.68. The number of hydrazone groups is 2. The Morgan fingerprint density at radius 2 is 1.69 bits per heavy atom. The quantitative estimate of drug-likeness (QED) is 0.270. The number of rotatable bonds is 9. The van der Waals surface area contributed by atoms with Crippen molar-refractivity contribution in [2.45, 2.75) is 39.7 Å². The van der Waals surface area contributed by atoms with Crippen molar-refractivity contribution < 1.29 is 4.74 Å². The van der Waals surface area contributed by atoms with Gasteiger partial charge in [-0.05, 0) is 63.1 Å². The number of nitrogens with one attached hydrogen (secondary N) is 4. The first-order valence-corrected chi connectivity index (χ1v) is 10.8. The highest BCUT2D eigenvalue weighted by molar-refractivity contribution is 7.80. The van der Waals surface area contributed by atoms with E-state index in [0.717, 1.165) is 43.8 Å². The number of hydrogen-bond donors (Lipinski definition) is 4. The summed E-state index contributed by atoms with van der Waals surface area (Å²) < 4.78 is 5.86. The molecule has 0 aromatic heterocycles. The number of benzene rings is 1. The van der Waals surface area contributed by atoms with E-state index in [1.807, 2.05) is 32.0 Å². The molecular weight excluding hydrogens is 404 g/mol. The SMILES string of the molecule is CCNC(=S)NN=C1/C(=N/NC(=S)NCC)CC[C@@H]1CCOCc1ccccc1. The van der Waals surface area contributed by atoms with E-state index < -0.39 is 0 Å². The van der Waals surface area contributed by atoms with E-state index >= 15 is 0 Å². The average Bonchev–Trinajstić information content (AvgIpc) is 3.11. The van der Waals surface area contributed by atoms with Gasteiger partial charge in [-0.2, -0.15) is 10.2 Å². The van der Waals surface area contributed by atoms with Crippen LogP contribution in [-0.4, -0.2) is 41.3 Å². The van der Waals surface area contributed by atoms with Crippen LogP contribution in [0.15, 0.2) is 40.5 Å². The van der Waals surface area contributed by atoms with Crippen molar-refractivity contribution in [3.63, 3.8) is 0 Å². The molecular formula is C20H30N6OS2. The third-order valence-electron chi connectivity index (χ3n) is 4.38. The van der Waals surface area contributed by atoms with Gasteiger partial charge in [0.2, 0.25) is 0 Å². The Bertz CT molecular complexity index is 723. The van der Waals surface area contributed by atoms with Crippen LogP contribution in [0.4, 0.5) is 0 Å². The lowest BCUT2D eigenvalue weighted by molar-refractivity contribution is 0.113. The Kier molecular flexibility index (Phi) is 10.5. The minimum absolute atomic E-state index is 0.260. The fraction of sp³-hybridized carbons (Fsp3) is 0.500. The molecule has 0 spiro atoms. The molecule has 0 radical (unpaired) electrons. The van der Waals surface area contributed by atoms with Gasteiger partial charge in [0.05, 0.1) is 18.0 Å². The molecule has 0 amide bonds. The Morgan fingerprint density at radius 1 is 1.03 bits per heavy atom. The van der Waals surface area contributed by atoms with Gasteiger partial charge in [0.1, 0.15) is 0 Å². The van der Waals surface area contributed by atoms with Crippen molar-refractivity contribution in [3.8, 4) is 0 Å². The first-order valence-electron chi connectivity index (χ1n) is 9.97. The third kappa shape index (κ3) is 8.43. The second kappa shape index (κ2) is 13.2. The Morgan fingerprint density at radius 3 is 2.34 bits per heavy atom. The topological polar surface area (TPSA) is 82.1 Å². The molecule has 1 atom stereocenters. The van der Waals surface area contributed by atoms with Crippen LogP contribution in [0.1, 0.15) is 38.7 Å². The highest BCUT2D eigenvalue weighted by atomic mass is 32.1. The molecule has 1 saturated carbocycles. The average molecular weight is 435 g/mol. The molecule has 0 heterocycles. The maximum atomic E-state index is 5.86. The smallest absolute Gasteiger partial charge is 0.186 e. The molecule has 1 aromatic carbocycles. The molecule has 1 aliphatic carbocycles. The van der Waals surface area contributed by atoms with E-state index in [9.17, 15) is 0 Å². The van der Waals surface area contributed by atoms with Crippen LogP contribution in [0, 0.1) is 5.92 Å². The van der Waals surface area contributed by atoms with Crippen molar-refractivity contribution >= 4 is 46.1 Å². The lowest BCUT2D eigenvalue weighted by Gasteiger charge is -2.13. The van der Waals surface area contributed by atoms with Gasteiger partial charge >= 0.3 is 0 Å². The van der Waals surface area contributed by atoms with E-state index in [1.165, 1.54) is 5.56 Å². The zero-order valence-corrected chi connectivity index (χ0v) is 18.7. The van der Waals surface area contributed by atoms with Crippen LogP contribution in [0.3, 0.4) is 0 Å². The van der Waals surface area contributed by atoms with Crippen LogP contribution in [-0.2, 0) is 11.3 Å². The molecule has 1 aliphatic rings. The Labute approximate surface area is 183 Å². The molecule has 29 heavy (non-hydrogen) atoms. The maximum absolute atomic E-state index is 5.86. The summed E-state index contributed by atoms with van der Waals surface area (Å²) in [5.74, 6) is 0.260. The van der Waals surface area contributed by atoms with Gasteiger partial charge in [-0.15, -0.1) is 0 Å². The largest absolute Gasteiger partial charge is 0.377 e. The van der Waals surface area contributed by atoms with Crippen molar-refractivity contribution in [3.05, 3.63) is 35.9 Å². The summed E-state index contributed by atoms with van der Waals surface area (Å²) in [5, 5.41) is 16.1. The fourth-order valence-corrected chi connectivity index (χ4v) is 3.36. The lowest BCUT2D eigenvalue weighted by Crippen LogP contribution is -2.35. The summed E-state index contributed by atoms with van der Waals surface area (Å²) in [4.78, 5) is 0. The van der Waals surface area contributed by atoms with Crippen LogP contribution in [0.2, 0.25) is 0 Å². The molecule has 7 nitrogen and oxygen atoms in total. The van der Waals surface area contributed by atoms with Crippen LogP contribution in [0.25, 0.3) is 0 Å². The zero-order valence-electron chi connectivity index (χ0n) is 17.0. The van der Waals surface area contributed by atoms with E-state index in [4.69, 9.17) is 29.2 Å². The van der Waals surface area contributed by atoms with Gasteiger partial charge in [0.25, 0.3) is 0 Å². The van der Waals surface area contributed by atoms with E-state index in [-0.39, 0.29) is 5.92 Å². The van der Waals surface area contributed by atoms with Crippen molar-refractivity contribution in [2.75, 3.05) is 19.7 Å². The van der Waals surface area contributed by atoms with E-state index in [2.05, 4.69) is 43.8 Å². The minimum Gasteiger partial charge on any atom is -0.377 e. The Hall–Kier alpha value is -2.10. The first-order chi connectivity index (χ1) is 14.1. The number of ether oxygens (including phenoxy) is 1. The predicted molar refractivity (Wildman–Crippen MR) is 127 cm³/mol. The second-order valence-electron chi connectivity index (χ2n) is 6.56.